The van der Waals surface area contributed by atoms with Gasteiger partial charge in [0.25, 0.3) is 0 Å². The molecule has 0 aliphatic rings. The minimum absolute atomic E-state index is 0.0537. The standard InChI is InChI=1S/C14H17N3OS/c1-4-13-16-17-14(19-13)15-12(18)8-11-6-5-9(2)10(3)7-11/h5-7H,4,8H2,1-3H3,(H,15,17,18). The summed E-state index contributed by atoms with van der Waals surface area (Å²) >= 11 is 1.42. The lowest BCUT2D eigenvalue weighted by Crippen LogP contribution is -2.14. The van der Waals surface area contributed by atoms with Crippen LogP contribution in [0, 0.1) is 13.8 Å². The number of anilines is 1. The lowest BCUT2D eigenvalue weighted by molar-refractivity contribution is -0.115. The van der Waals surface area contributed by atoms with E-state index in [0.717, 1.165) is 17.0 Å². The number of aryl methyl sites for hydroxylation is 3. The number of hydrogen-bond acceptors (Lipinski definition) is 4. The number of carbonyl (C=O) groups excluding carboxylic acids is 1. The van der Waals surface area contributed by atoms with Crippen molar-refractivity contribution in [3.63, 3.8) is 0 Å². The molecule has 0 bridgehead atoms. The van der Waals surface area contributed by atoms with Crippen LogP contribution in [0.3, 0.4) is 0 Å². The van der Waals surface area contributed by atoms with E-state index in [4.69, 9.17) is 0 Å². The van der Waals surface area contributed by atoms with E-state index < -0.39 is 0 Å². The third-order valence-electron chi connectivity index (χ3n) is 2.95. The zero-order chi connectivity index (χ0) is 13.8. The second-order valence-electron chi connectivity index (χ2n) is 4.50. The second-order valence-corrected chi connectivity index (χ2v) is 5.56. The fraction of sp³-hybridized carbons (Fsp3) is 0.357. The van der Waals surface area contributed by atoms with Gasteiger partial charge in [-0.05, 0) is 37.0 Å². The summed E-state index contributed by atoms with van der Waals surface area (Å²) < 4.78 is 0. The Labute approximate surface area is 116 Å². The molecule has 0 spiro atoms. The second kappa shape index (κ2) is 5.93. The molecule has 0 aliphatic carbocycles. The molecule has 2 aromatic rings. The van der Waals surface area contributed by atoms with Crippen molar-refractivity contribution in [2.45, 2.75) is 33.6 Å². The van der Waals surface area contributed by atoms with Crippen molar-refractivity contribution in [2.75, 3.05) is 5.32 Å². The van der Waals surface area contributed by atoms with Crippen LogP contribution in [0.25, 0.3) is 0 Å². The van der Waals surface area contributed by atoms with Gasteiger partial charge < -0.3 is 5.32 Å². The maximum absolute atomic E-state index is 11.9. The molecule has 1 heterocycles. The van der Waals surface area contributed by atoms with Crippen LogP contribution in [0.4, 0.5) is 5.13 Å². The monoisotopic (exact) mass is 275 g/mol. The highest BCUT2D eigenvalue weighted by atomic mass is 32.1. The van der Waals surface area contributed by atoms with E-state index in [1.807, 2.05) is 25.1 Å². The van der Waals surface area contributed by atoms with Gasteiger partial charge in [-0.15, -0.1) is 10.2 Å². The number of rotatable bonds is 4. The lowest BCUT2D eigenvalue weighted by atomic mass is 10.0. The summed E-state index contributed by atoms with van der Waals surface area (Å²) in [6.45, 7) is 6.13. The van der Waals surface area contributed by atoms with Gasteiger partial charge in [-0.1, -0.05) is 36.5 Å². The molecule has 0 radical (unpaired) electrons. The average Bonchev–Trinajstić information content (AvgIpc) is 2.81. The molecule has 0 fully saturated rings. The Hall–Kier alpha value is -1.75. The Morgan fingerprint density at radius 3 is 2.68 bits per heavy atom. The quantitative estimate of drug-likeness (QED) is 0.933. The predicted octanol–water partition coefficient (Wildman–Crippen LogP) is 2.90. The maximum atomic E-state index is 11.9. The summed E-state index contributed by atoms with van der Waals surface area (Å²) in [5, 5.41) is 12.2. The van der Waals surface area contributed by atoms with Crippen LogP contribution in [0.15, 0.2) is 18.2 Å². The number of benzene rings is 1. The van der Waals surface area contributed by atoms with Crippen LogP contribution in [0.1, 0.15) is 28.6 Å². The molecule has 1 aromatic carbocycles. The summed E-state index contributed by atoms with van der Waals surface area (Å²) in [7, 11) is 0. The van der Waals surface area contributed by atoms with Crippen molar-refractivity contribution in [3.8, 4) is 0 Å². The van der Waals surface area contributed by atoms with Gasteiger partial charge in [-0.2, -0.15) is 0 Å². The molecule has 4 nitrogen and oxygen atoms in total. The normalized spacial score (nSPS) is 10.5. The minimum Gasteiger partial charge on any atom is -0.300 e. The lowest BCUT2D eigenvalue weighted by Gasteiger charge is -2.05. The molecule has 0 saturated heterocycles. The van der Waals surface area contributed by atoms with E-state index in [1.165, 1.54) is 22.5 Å². The summed E-state index contributed by atoms with van der Waals surface area (Å²) in [4.78, 5) is 11.9. The van der Waals surface area contributed by atoms with Crippen LogP contribution in [0.5, 0.6) is 0 Å². The number of aromatic nitrogens is 2. The maximum Gasteiger partial charge on any atom is 0.230 e. The third-order valence-corrected chi connectivity index (χ3v) is 3.93. The van der Waals surface area contributed by atoms with Gasteiger partial charge in [-0.3, -0.25) is 4.79 Å². The Morgan fingerprint density at radius 2 is 2.05 bits per heavy atom. The number of carbonyl (C=O) groups is 1. The van der Waals surface area contributed by atoms with E-state index in [9.17, 15) is 4.79 Å². The SMILES string of the molecule is CCc1nnc(NC(=O)Cc2ccc(C)c(C)c2)s1. The highest BCUT2D eigenvalue weighted by molar-refractivity contribution is 7.15. The van der Waals surface area contributed by atoms with Gasteiger partial charge in [0, 0.05) is 0 Å². The Kier molecular flexibility index (Phi) is 4.27. The first-order chi connectivity index (χ1) is 9.08. The Morgan fingerprint density at radius 1 is 1.26 bits per heavy atom. The summed E-state index contributed by atoms with van der Waals surface area (Å²) in [6, 6.07) is 6.07. The van der Waals surface area contributed by atoms with E-state index in [-0.39, 0.29) is 5.91 Å². The summed E-state index contributed by atoms with van der Waals surface area (Å²) in [6.07, 6.45) is 1.20. The Bertz CT molecular complexity index is 592. The first-order valence-corrected chi connectivity index (χ1v) is 7.08. The minimum atomic E-state index is -0.0537. The zero-order valence-electron chi connectivity index (χ0n) is 11.4. The van der Waals surface area contributed by atoms with Crippen LogP contribution >= 0.6 is 11.3 Å². The van der Waals surface area contributed by atoms with Crippen molar-refractivity contribution in [2.24, 2.45) is 0 Å². The molecule has 1 N–H and O–H groups in total. The molecular formula is C14H17N3OS. The zero-order valence-corrected chi connectivity index (χ0v) is 12.2. The van der Waals surface area contributed by atoms with Gasteiger partial charge in [0.1, 0.15) is 5.01 Å². The van der Waals surface area contributed by atoms with Crippen LogP contribution < -0.4 is 5.32 Å². The molecule has 19 heavy (non-hydrogen) atoms. The first kappa shape index (κ1) is 13.7. The molecule has 0 aliphatic heterocycles. The van der Waals surface area contributed by atoms with Crippen LogP contribution in [-0.4, -0.2) is 16.1 Å². The Balaban J connectivity index is 1.98. The van der Waals surface area contributed by atoms with Gasteiger partial charge >= 0.3 is 0 Å². The molecule has 2 rings (SSSR count). The van der Waals surface area contributed by atoms with E-state index in [2.05, 4.69) is 29.4 Å². The van der Waals surface area contributed by atoms with Crippen molar-refractivity contribution in [3.05, 3.63) is 39.9 Å². The third kappa shape index (κ3) is 3.61. The highest BCUT2D eigenvalue weighted by Gasteiger charge is 2.08. The topological polar surface area (TPSA) is 54.9 Å². The number of nitrogens with one attached hydrogen (secondary N) is 1. The molecule has 1 amide bonds. The van der Waals surface area contributed by atoms with Crippen LogP contribution in [-0.2, 0) is 17.6 Å². The number of nitrogens with zero attached hydrogens (tertiary/aromatic N) is 2. The highest BCUT2D eigenvalue weighted by Crippen LogP contribution is 2.16. The molecule has 1 aromatic heterocycles. The van der Waals surface area contributed by atoms with Crippen molar-refractivity contribution < 1.29 is 4.79 Å². The largest absolute Gasteiger partial charge is 0.300 e. The number of amides is 1. The fourth-order valence-corrected chi connectivity index (χ4v) is 2.41. The molecule has 5 heteroatoms. The van der Waals surface area contributed by atoms with Gasteiger partial charge in [0.05, 0.1) is 6.42 Å². The summed E-state index contributed by atoms with van der Waals surface area (Å²) in [5.41, 5.74) is 3.45. The van der Waals surface area contributed by atoms with Crippen LogP contribution in [0.2, 0.25) is 0 Å². The van der Waals surface area contributed by atoms with Crippen molar-refractivity contribution in [1.29, 1.82) is 0 Å². The van der Waals surface area contributed by atoms with Gasteiger partial charge in [0.2, 0.25) is 11.0 Å². The average molecular weight is 275 g/mol. The number of hydrogen-bond donors (Lipinski definition) is 1. The van der Waals surface area contributed by atoms with Crippen molar-refractivity contribution >= 4 is 22.4 Å². The molecule has 100 valence electrons. The fourth-order valence-electron chi connectivity index (χ4n) is 1.71. The van der Waals surface area contributed by atoms with Gasteiger partial charge in [0.15, 0.2) is 0 Å². The van der Waals surface area contributed by atoms with E-state index >= 15 is 0 Å². The van der Waals surface area contributed by atoms with Gasteiger partial charge in [-0.25, -0.2) is 0 Å². The predicted molar refractivity (Wildman–Crippen MR) is 77.5 cm³/mol. The van der Waals surface area contributed by atoms with E-state index in [1.54, 1.807) is 0 Å². The van der Waals surface area contributed by atoms with Crippen molar-refractivity contribution in [1.82, 2.24) is 10.2 Å². The smallest absolute Gasteiger partial charge is 0.230 e. The molecule has 0 unspecified atom stereocenters. The van der Waals surface area contributed by atoms with E-state index in [0.29, 0.717) is 11.6 Å². The molecular weight excluding hydrogens is 258 g/mol. The first-order valence-electron chi connectivity index (χ1n) is 6.27. The molecule has 0 atom stereocenters. The summed E-state index contributed by atoms with van der Waals surface area (Å²) in [5.74, 6) is -0.0537. The molecule has 0 saturated carbocycles.